The van der Waals surface area contributed by atoms with Crippen molar-refractivity contribution < 1.29 is 14.6 Å². The van der Waals surface area contributed by atoms with Crippen LogP contribution in [0.1, 0.15) is 34.5 Å². The van der Waals surface area contributed by atoms with Crippen LogP contribution in [0.4, 0.5) is 11.6 Å². The molecule has 0 unspecified atom stereocenters. The summed E-state index contributed by atoms with van der Waals surface area (Å²) in [4.78, 5) is 23.1. The fraction of sp³-hybridized carbons (Fsp3) is 0.450. The molecular formula is C20H25N5O3. The van der Waals surface area contributed by atoms with Crippen LogP contribution in [-0.2, 0) is 6.54 Å². The molecule has 2 aliphatic rings. The van der Waals surface area contributed by atoms with Gasteiger partial charge in [0.2, 0.25) is 0 Å². The van der Waals surface area contributed by atoms with E-state index >= 15 is 0 Å². The molecule has 1 fully saturated rings. The molecule has 2 aromatic heterocycles. The Balaban J connectivity index is 1.34. The number of aliphatic hydroxyl groups excluding tert-OH is 1. The van der Waals surface area contributed by atoms with Crippen LogP contribution in [0.15, 0.2) is 24.4 Å². The minimum absolute atomic E-state index is 0.0320. The predicted molar refractivity (Wildman–Crippen MR) is 106 cm³/mol. The normalized spacial score (nSPS) is 16.6. The van der Waals surface area contributed by atoms with Gasteiger partial charge in [0.1, 0.15) is 23.5 Å². The number of fused-ring (bicyclic) bond motifs is 1. The van der Waals surface area contributed by atoms with Crippen molar-refractivity contribution in [1.29, 1.82) is 0 Å². The zero-order chi connectivity index (χ0) is 19.5. The van der Waals surface area contributed by atoms with Crippen molar-refractivity contribution >= 4 is 17.5 Å². The first-order valence-electron chi connectivity index (χ1n) is 9.65. The number of amides is 1. The maximum absolute atomic E-state index is 11.8. The van der Waals surface area contributed by atoms with Crippen molar-refractivity contribution in [1.82, 2.24) is 15.3 Å². The molecule has 28 heavy (non-hydrogen) atoms. The lowest BCUT2D eigenvalue weighted by Gasteiger charge is -2.33. The van der Waals surface area contributed by atoms with Gasteiger partial charge in [-0.05, 0) is 30.7 Å². The highest BCUT2D eigenvalue weighted by Crippen LogP contribution is 2.27. The summed E-state index contributed by atoms with van der Waals surface area (Å²) < 4.78 is 6.08. The summed E-state index contributed by atoms with van der Waals surface area (Å²) in [5.41, 5.74) is 2.57. The number of carbonyl (C=O) groups excluding carboxylic acids is 1. The Labute approximate surface area is 163 Å². The summed E-state index contributed by atoms with van der Waals surface area (Å²) in [5.74, 6) is 2.41. The van der Waals surface area contributed by atoms with E-state index in [1.54, 1.807) is 6.20 Å². The number of hydrogen-bond acceptors (Lipinski definition) is 7. The molecule has 2 aromatic rings. The van der Waals surface area contributed by atoms with E-state index in [4.69, 9.17) is 14.8 Å². The first-order chi connectivity index (χ1) is 13.6. The maximum atomic E-state index is 11.8. The molecule has 0 aliphatic carbocycles. The van der Waals surface area contributed by atoms with Gasteiger partial charge >= 0.3 is 0 Å². The van der Waals surface area contributed by atoms with Gasteiger partial charge < -0.3 is 25.4 Å². The van der Waals surface area contributed by atoms with E-state index in [9.17, 15) is 4.79 Å². The highest BCUT2D eigenvalue weighted by atomic mass is 16.5. The second-order valence-electron chi connectivity index (χ2n) is 7.14. The molecule has 0 aromatic carbocycles. The van der Waals surface area contributed by atoms with Crippen LogP contribution in [0.2, 0.25) is 0 Å². The molecule has 8 heteroatoms. The summed E-state index contributed by atoms with van der Waals surface area (Å²) >= 11 is 0. The van der Waals surface area contributed by atoms with Gasteiger partial charge in [-0.1, -0.05) is 0 Å². The topological polar surface area (TPSA) is 99.6 Å². The van der Waals surface area contributed by atoms with Crippen LogP contribution in [0.25, 0.3) is 0 Å². The van der Waals surface area contributed by atoms with Crippen LogP contribution < -0.4 is 20.3 Å². The Morgan fingerprint density at radius 1 is 1.36 bits per heavy atom. The molecule has 0 bridgehead atoms. The zero-order valence-electron chi connectivity index (χ0n) is 15.9. The molecule has 3 N–H and O–H groups in total. The van der Waals surface area contributed by atoms with Gasteiger partial charge in [0.25, 0.3) is 5.91 Å². The van der Waals surface area contributed by atoms with E-state index in [2.05, 4.69) is 20.5 Å². The number of ether oxygens (including phenoxy) is 1. The van der Waals surface area contributed by atoms with Crippen molar-refractivity contribution in [3.63, 3.8) is 0 Å². The Morgan fingerprint density at radius 2 is 2.18 bits per heavy atom. The quantitative estimate of drug-likeness (QED) is 0.695. The standard InChI is InChI=1S/C20H25N5O3/c1-13-10-16-17(12-23-20(16)27)24-19(13)25-7-4-14(5-8-25)28-15-2-3-18(22-11-15)21-6-9-26/h2-3,10-11,14,26H,4-9,12H2,1H3,(H,21,22)(H,23,27). The molecule has 1 saturated heterocycles. The monoisotopic (exact) mass is 383 g/mol. The van der Waals surface area contributed by atoms with Crippen LogP contribution in [0.5, 0.6) is 5.75 Å². The lowest BCUT2D eigenvalue weighted by molar-refractivity contribution is 0.0965. The van der Waals surface area contributed by atoms with E-state index in [1.807, 2.05) is 25.1 Å². The summed E-state index contributed by atoms with van der Waals surface area (Å²) in [7, 11) is 0. The molecule has 4 heterocycles. The average molecular weight is 383 g/mol. The fourth-order valence-electron chi connectivity index (χ4n) is 3.67. The average Bonchev–Trinajstić information content (AvgIpc) is 3.07. The number of carbonyl (C=O) groups is 1. The Bertz CT molecular complexity index is 848. The molecule has 4 rings (SSSR count). The molecule has 1 amide bonds. The molecule has 0 saturated carbocycles. The number of aromatic nitrogens is 2. The lowest BCUT2D eigenvalue weighted by atomic mass is 10.1. The Hall–Kier alpha value is -2.87. The Kier molecular flexibility index (Phi) is 5.29. The van der Waals surface area contributed by atoms with Gasteiger partial charge in [0, 0.05) is 32.5 Å². The van der Waals surface area contributed by atoms with Gasteiger partial charge in [0.05, 0.1) is 30.6 Å². The smallest absolute Gasteiger partial charge is 0.253 e. The highest BCUT2D eigenvalue weighted by molar-refractivity contribution is 5.98. The van der Waals surface area contributed by atoms with E-state index < -0.39 is 0 Å². The van der Waals surface area contributed by atoms with E-state index in [0.29, 0.717) is 18.7 Å². The van der Waals surface area contributed by atoms with Crippen molar-refractivity contribution in [2.75, 3.05) is 36.5 Å². The van der Waals surface area contributed by atoms with Crippen molar-refractivity contribution in [3.8, 4) is 5.75 Å². The van der Waals surface area contributed by atoms with Gasteiger partial charge in [-0.25, -0.2) is 9.97 Å². The predicted octanol–water partition coefficient (Wildman–Crippen LogP) is 1.48. The van der Waals surface area contributed by atoms with Gasteiger partial charge in [-0.3, -0.25) is 4.79 Å². The number of anilines is 2. The fourth-order valence-corrected chi connectivity index (χ4v) is 3.67. The SMILES string of the molecule is Cc1cc2c(nc1N1CCC(Oc3ccc(NCCO)nc3)CC1)CNC2=O. The van der Waals surface area contributed by atoms with Crippen LogP contribution in [0, 0.1) is 6.92 Å². The third-order valence-corrected chi connectivity index (χ3v) is 5.12. The number of hydrogen-bond donors (Lipinski definition) is 3. The number of nitrogens with zero attached hydrogens (tertiary/aromatic N) is 3. The third-order valence-electron chi connectivity index (χ3n) is 5.12. The summed E-state index contributed by atoms with van der Waals surface area (Å²) in [6, 6.07) is 5.70. The number of nitrogens with one attached hydrogen (secondary N) is 2. The molecule has 0 radical (unpaired) electrons. The summed E-state index contributed by atoms with van der Waals surface area (Å²) in [5, 5.41) is 14.7. The molecular weight excluding hydrogens is 358 g/mol. The first-order valence-corrected chi connectivity index (χ1v) is 9.65. The van der Waals surface area contributed by atoms with Crippen LogP contribution in [-0.4, -0.2) is 53.3 Å². The van der Waals surface area contributed by atoms with Crippen molar-refractivity contribution in [2.24, 2.45) is 0 Å². The van der Waals surface area contributed by atoms with Gasteiger partial charge in [-0.2, -0.15) is 0 Å². The molecule has 0 atom stereocenters. The summed E-state index contributed by atoms with van der Waals surface area (Å²) in [6.07, 6.45) is 3.66. The zero-order valence-corrected chi connectivity index (χ0v) is 15.9. The number of pyridine rings is 2. The third kappa shape index (κ3) is 3.87. The van der Waals surface area contributed by atoms with Crippen molar-refractivity contribution in [2.45, 2.75) is 32.4 Å². The van der Waals surface area contributed by atoms with E-state index in [-0.39, 0.29) is 18.6 Å². The minimum atomic E-state index is -0.0320. The second kappa shape index (κ2) is 8.02. The molecule has 0 spiro atoms. The van der Waals surface area contributed by atoms with Gasteiger partial charge in [0.15, 0.2) is 0 Å². The number of aryl methyl sites for hydroxylation is 1. The van der Waals surface area contributed by atoms with Crippen LogP contribution in [0.3, 0.4) is 0 Å². The van der Waals surface area contributed by atoms with Gasteiger partial charge in [-0.15, -0.1) is 0 Å². The lowest BCUT2D eigenvalue weighted by Crippen LogP contribution is -2.39. The number of aliphatic hydroxyl groups is 1. The largest absolute Gasteiger partial charge is 0.489 e. The maximum Gasteiger partial charge on any atom is 0.253 e. The van der Waals surface area contributed by atoms with E-state index in [1.165, 1.54) is 0 Å². The van der Waals surface area contributed by atoms with Crippen LogP contribution >= 0.6 is 0 Å². The number of rotatable bonds is 6. The molecule has 148 valence electrons. The van der Waals surface area contributed by atoms with E-state index in [0.717, 1.165) is 54.6 Å². The minimum Gasteiger partial charge on any atom is -0.489 e. The molecule has 8 nitrogen and oxygen atoms in total. The van der Waals surface area contributed by atoms with Crippen molar-refractivity contribution in [3.05, 3.63) is 41.2 Å². The molecule has 2 aliphatic heterocycles. The first kappa shape index (κ1) is 18.5. The summed E-state index contributed by atoms with van der Waals surface area (Å²) in [6.45, 7) is 4.80. The Morgan fingerprint density at radius 3 is 2.89 bits per heavy atom. The highest BCUT2D eigenvalue weighted by Gasteiger charge is 2.26. The second-order valence-corrected chi connectivity index (χ2v) is 7.14. The number of piperidine rings is 1.